The van der Waals surface area contributed by atoms with Crippen molar-refractivity contribution in [1.29, 1.82) is 0 Å². The van der Waals surface area contributed by atoms with Gasteiger partial charge in [0.15, 0.2) is 18.3 Å². The minimum atomic E-state index is -0.814. The van der Waals surface area contributed by atoms with Crippen molar-refractivity contribution in [3.63, 3.8) is 0 Å². The molecule has 1 N–H and O–H groups in total. The zero-order chi connectivity index (χ0) is 21.3. The predicted octanol–water partition coefficient (Wildman–Crippen LogP) is 2.40. The zero-order valence-electron chi connectivity index (χ0n) is 17.1. The smallest absolute Gasteiger partial charge is 0.340 e. The average Bonchev–Trinajstić information content (AvgIpc) is 2.99. The largest absolute Gasteiger partial charge is 0.501 e. The van der Waals surface area contributed by atoms with Crippen LogP contribution >= 0.6 is 0 Å². The Morgan fingerprint density at radius 3 is 2.67 bits per heavy atom. The summed E-state index contributed by atoms with van der Waals surface area (Å²) in [4.78, 5) is 44.2. The van der Waals surface area contributed by atoms with E-state index in [0.29, 0.717) is 30.3 Å². The number of benzene rings is 1. The van der Waals surface area contributed by atoms with Gasteiger partial charge in [0.2, 0.25) is 5.89 Å². The van der Waals surface area contributed by atoms with Crippen molar-refractivity contribution >= 4 is 29.2 Å². The predicted molar refractivity (Wildman–Crippen MR) is 107 cm³/mol. The van der Waals surface area contributed by atoms with Gasteiger partial charge in [-0.1, -0.05) is 22.9 Å². The van der Waals surface area contributed by atoms with E-state index < -0.39 is 23.8 Å². The van der Waals surface area contributed by atoms with E-state index in [1.54, 1.807) is 23.6 Å². The first kappa shape index (κ1) is 19.9. The lowest BCUT2D eigenvalue weighted by molar-refractivity contribution is -0.440. The lowest BCUT2D eigenvalue weighted by Gasteiger charge is -2.25. The summed E-state index contributed by atoms with van der Waals surface area (Å²) in [5.74, 6) is -1.17. The van der Waals surface area contributed by atoms with Crippen LogP contribution in [0.4, 0.5) is 10.5 Å². The Labute approximate surface area is 173 Å². The minimum absolute atomic E-state index is 0.232. The van der Waals surface area contributed by atoms with Gasteiger partial charge in [0.05, 0.1) is 6.54 Å². The van der Waals surface area contributed by atoms with Crippen LogP contribution in [0.15, 0.2) is 28.8 Å². The summed E-state index contributed by atoms with van der Waals surface area (Å²) in [6.07, 6.45) is 3.30. The highest BCUT2D eigenvalue weighted by molar-refractivity contribution is 6.15. The molecule has 2 aromatic rings. The fourth-order valence-corrected chi connectivity index (χ4v) is 3.91. The number of imide groups is 1. The first-order valence-corrected chi connectivity index (χ1v) is 10.1. The van der Waals surface area contributed by atoms with Gasteiger partial charge in [-0.2, -0.15) is 14.4 Å². The van der Waals surface area contributed by atoms with Gasteiger partial charge in [-0.25, -0.2) is 4.79 Å². The highest BCUT2D eigenvalue weighted by Crippen LogP contribution is 2.27. The van der Waals surface area contributed by atoms with Crippen LogP contribution in [0.2, 0.25) is 0 Å². The summed E-state index contributed by atoms with van der Waals surface area (Å²) < 4.78 is 6.70. The monoisotopic (exact) mass is 410 g/mol. The van der Waals surface area contributed by atoms with E-state index in [1.807, 2.05) is 19.1 Å². The van der Waals surface area contributed by atoms with Crippen molar-refractivity contribution in [3.8, 4) is 0 Å². The molecule has 0 bridgehead atoms. The molecule has 4 amide bonds. The number of hydrogen-bond donors (Lipinski definition) is 1. The topological polar surface area (TPSA) is 108 Å². The Kier molecular flexibility index (Phi) is 5.43. The van der Waals surface area contributed by atoms with Crippen LogP contribution in [0, 0.1) is 13.8 Å². The first-order chi connectivity index (χ1) is 14.4. The van der Waals surface area contributed by atoms with E-state index in [1.165, 1.54) is 0 Å². The second kappa shape index (κ2) is 8.17. The van der Waals surface area contributed by atoms with Crippen LogP contribution in [0.3, 0.4) is 0 Å². The molecular weight excluding hydrogens is 386 g/mol. The van der Waals surface area contributed by atoms with Gasteiger partial charge in [-0.3, -0.25) is 4.79 Å². The van der Waals surface area contributed by atoms with Gasteiger partial charge in [-0.15, -0.1) is 4.90 Å². The molecule has 156 valence electrons. The highest BCUT2D eigenvalue weighted by atomic mass is 16.5. The number of nitrogens with zero attached hydrogens (tertiary/aromatic N) is 4. The zero-order valence-corrected chi connectivity index (χ0v) is 17.1. The molecule has 0 radical (unpaired) electrons. The van der Waals surface area contributed by atoms with Crippen LogP contribution in [0.1, 0.15) is 48.9 Å². The summed E-state index contributed by atoms with van der Waals surface area (Å²) in [7, 11) is 0. The number of aromatic nitrogens is 2. The normalized spacial score (nSPS) is 19.5. The maximum atomic E-state index is 13.3. The molecule has 0 saturated carbocycles. The second-order valence-electron chi connectivity index (χ2n) is 7.68. The van der Waals surface area contributed by atoms with Gasteiger partial charge in [0.1, 0.15) is 5.71 Å². The summed E-state index contributed by atoms with van der Waals surface area (Å²) >= 11 is 0. The Balaban J connectivity index is 1.62. The molecule has 4 rings (SSSR count). The summed E-state index contributed by atoms with van der Waals surface area (Å²) in [6.45, 7) is 3.73. The van der Waals surface area contributed by atoms with E-state index in [0.717, 1.165) is 29.7 Å². The van der Waals surface area contributed by atoms with Crippen molar-refractivity contribution in [2.45, 2.75) is 45.4 Å². The number of nitrogens with one attached hydrogen (secondary N) is 1. The first-order valence-electron chi connectivity index (χ1n) is 10.1. The Hall–Kier alpha value is -3.36. The molecule has 3 heterocycles. The number of carbonyl (C=O) groups is 3. The molecule has 0 aliphatic carbocycles. The second-order valence-corrected chi connectivity index (χ2v) is 7.68. The van der Waals surface area contributed by atoms with Crippen molar-refractivity contribution < 1.29 is 23.5 Å². The SMILES string of the molecule is Cc1ccc(NC(=O)CN2C(=O)C(c3noc(C)n3)C3=[N+](CCCCC3)C2=O)cc1. The molecule has 0 spiro atoms. The number of hydrogen-bond acceptors (Lipinski definition) is 6. The molecule has 1 aromatic carbocycles. The number of rotatable bonds is 4. The Morgan fingerprint density at radius 2 is 1.97 bits per heavy atom. The van der Waals surface area contributed by atoms with E-state index >= 15 is 0 Å². The molecule has 2 aliphatic rings. The van der Waals surface area contributed by atoms with E-state index in [2.05, 4.69) is 15.5 Å². The van der Waals surface area contributed by atoms with Crippen molar-refractivity contribution in [2.75, 3.05) is 18.4 Å². The molecule has 9 heteroatoms. The summed E-state index contributed by atoms with van der Waals surface area (Å²) in [5.41, 5.74) is 2.37. The lowest BCUT2D eigenvalue weighted by Crippen LogP contribution is -2.55. The Bertz CT molecular complexity index is 1020. The van der Waals surface area contributed by atoms with Crippen LogP contribution in [-0.4, -0.2) is 56.3 Å². The fourth-order valence-electron chi connectivity index (χ4n) is 3.91. The quantitative estimate of drug-likeness (QED) is 0.776. The molecule has 30 heavy (non-hydrogen) atoms. The molecule has 1 aromatic heterocycles. The van der Waals surface area contributed by atoms with E-state index in [-0.39, 0.29) is 12.4 Å². The van der Waals surface area contributed by atoms with Crippen LogP contribution in [0.25, 0.3) is 0 Å². The third-order valence-electron chi connectivity index (χ3n) is 5.41. The molecule has 0 saturated heterocycles. The average molecular weight is 410 g/mol. The minimum Gasteiger partial charge on any atom is -0.340 e. The van der Waals surface area contributed by atoms with E-state index in [9.17, 15) is 14.4 Å². The van der Waals surface area contributed by atoms with Gasteiger partial charge in [-0.05, 0) is 38.3 Å². The Morgan fingerprint density at radius 1 is 1.20 bits per heavy atom. The third kappa shape index (κ3) is 3.87. The number of carbonyl (C=O) groups excluding carboxylic acids is 3. The molecular formula is C21H24N5O4+. The molecule has 1 atom stereocenters. The third-order valence-corrected chi connectivity index (χ3v) is 5.41. The molecule has 1 unspecified atom stereocenters. The lowest BCUT2D eigenvalue weighted by atomic mass is 9.94. The van der Waals surface area contributed by atoms with Gasteiger partial charge in [0, 0.05) is 19.0 Å². The maximum absolute atomic E-state index is 13.3. The summed E-state index contributed by atoms with van der Waals surface area (Å²) in [6, 6.07) is 6.84. The number of aryl methyl sites for hydroxylation is 2. The molecule has 0 fully saturated rings. The van der Waals surface area contributed by atoms with Crippen LogP contribution in [-0.2, 0) is 9.59 Å². The van der Waals surface area contributed by atoms with Crippen molar-refractivity contribution in [2.24, 2.45) is 0 Å². The number of amides is 4. The standard InChI is InChI=1S/C21H23N5O4/c1-13-7-9-15(10-8-13)23-17(27)12-26-20(28)18(19-22-14(2)30-24-19)16-6-4-3-5-11-25(16)21(26)29/h7-10,18H,3-6,11-12H2,1-2H3/p+1. The van der Waals surface area contributed by atoms with Gasteiger partial charge >= 0.3 is 11.9 Å². The van der Waals surface area contributed by atoms with E-state index in [4.69, 9.17) is 4.52 Å². The maximum Gasteiger partial charge on any atom is 0.501 e. The number of urea groups is 1. The summed E-state index contributed by atoms with van der Waals surface area (Å²) in [5, 5.41) is 6.67. The fraction of sp³-hybridized carbons (Fsp3) is 0.429. The molecule has 2 aliphatic heterocycles. The van der Waals surface area contributed by atoms with Crippen molar-refractivity contribution in [3.05, 3.63) is 41.5 Å². The molecule has 9 nitrogen and oxygen atoms in total. The number of anilines is 1. The highest BCUT2D eigenvalue weighted by Gasteiger charge is 2.51. The van der Waals surface area contributed by atoms with Crippen molar-refractivity contribution in [1.82, 2.24) is 15.0 Å². The van der Waals surface area contributed by atoms with Gasteiger partial charge in [0.25, 0.3) is 5.91 Å². The van der Waals surface area contributed by atoms with Crippen LogP contribution < -0.4 is 5.32 Å². The van der Waals surface area contributed by atoms with Gasteiger partial charge < -0.3 is 9.84 Å². The van der Waals surface area contributed by atoms with Crippen LogP contribution in [0.5, 0.6) is 0 Å².